The van der Waals surface area contributed by atoms with Gasteiger partial charge in [0.1, 0.15) is 0 Å². The van der Waals surface area contributed by atoms with Crippen molar-refractivity contribution >= 4 is 5.91 Å². The van der Waals surface area contributed by atoms with Gasteiger partial charge in [-0.1, -0.05) is 13.8 Å². The Hall–Kier alpha value is -1.95. The summed E-state index contributed by atoms with van der Waals surface area (Å²) in [4.78, 5) is 12.4. The number of benzene rings is 1. The summed E-state index contributed by atoms with van der Waals surface area (Å²) in [5.41, 5.74) is 6.23. The van der Waals surface area contributed by atoms with E-state index < -0.39 is 5.54 Å². The van der Waals surface area contributed by atoms with E-state index >= 15 is 0 Å². The molecule has 0 aromatic heterocycles. The van der Waals surface area contributed by atoms with Gasteiger partial charge in [0.05, 0.1) is 27.8 Å². The van der Waals surface area contributed by atoms with Crippen molar-refractivity contribution in [3.05, 3.63) is 17.7 Å². The number of carbonyl (C=O) groups excluding carboxylic acids is 1. The highest BCUT2D eigenvalue weighted by Crippen LogP contribution is 2.38. The van der Waals surface area contributed by atoms with Crippen LogP contribution in [0.5, 0.6) is 17.2 Å². The van der Waals surface area contributed by atoms with Crippen molar-refractivity contribution in [2.75, 3.05) is 27.9 Å². The third-order valence-corrected chi connectivity index (χ3v) is 3.84. The van der Waals surface area contributed by atoms with Crippen LogP contribution in [0.4, 0.5) is 0 Å². The molecular formula is C18H30N2O4. The highest BCUT2D eigenvalue weighted by molar-refractivity contribution is 5.80. The lowest BCUT2D eigenvalue weighted by atomic mass is 9.90. The van der Waals surface area contributed by atoms with Gasteiger partial charge in [0.25, 0.3) is 0 Å². The van der Waals surface area contributed by atoms with Gasteiger partial charge in [-0.2, -0.15) is 0 Å². The van der Waals surface area contributed by atoms with Crippen LogP contribution in [0.2, 0.25) is 0 Å². The molecule has 0 fully saturated rings. The molecule has 1 amide bonds. The Morgan fingerprint density at radius 1 is 1.17 bits per heavy atom. The summed E-state index contributed by atoms with van der Waals surface area (Å²) in [6.07, 6.45) is 1.04. The van der Waals surface area contributed by atoms with Crippen molar-refractivity contribution in [2.45, 2.75) is 39.2 Å². The number of ether oxygens (including phenoxy) is 3. The first-order chi connectivity index (χ1) is 11.3. The zero-order valence-corrected chi connectivity index (χ0v) is 15.6. The number of hydrogen-bond donors (Lipinski definition) is 2. The van der Waals surface area contributed by atoms with Gasteiger partial charge in [0.15, 0.2) is 11.5 Å². The number of amides is 1. The first kappa shape index (κ1) is 20.1. The van der Waals surface area contributed by atoms with Crippen molar-refractivity contribution in [1.29, 1.82) is 0 Å². The van der Waals surface area contributed by atoms with Crippen LogP contribution in [-0.4, -0.2) is 39.3 Å². The van der Waals surface area contributed by atoms with Crippen LogP contribution in [0.15, 0.2) is 12.1 Å². The largest absolute Gasteiger partial charge is 0.493 e. The number of hydrogen-bond acceptors (Lipinski definition) is 5. The molecule has 6 heteroatoms. The minimum atomic E-state index is -0.411. The zero-order valence-electron chi connectivity index (χ0n) is 15.6. The van der Waals surface area contributed by atoms with Crippen LogP contribution in [0.3, 0.4) is 0 Å². The monoisotopic (exact) mass is 338 g/mol. The fraction of sp³-hybridized carbons (Fsp3) is 0.611. The van der Waals surface area contributed by atoms with Gasteiger partial charge in [0, 0.05) is 12.1 Å². The number of rotatable bonds is 9. The van der Waals surface area contributed by atoms with E-state index in [9.17, 15) is 4.79 Å². The van der Waals surface area contributed by atoms with E-state index in [2.05, 4.69) is 19.2 Å². The molecule has 0 radical (unpaired) electrons. The van der Waals surface area contributed by atoms with Crippen LogP contribution >= 0.6 is 0 Å². The van der Waals surface area contributed by atoms with E-state index in [4.69, 9.17) is 19.9 Å². The van der Waals surface area contributed by atoms with Gasteiger partial charge in [-0.05, 0) is 37.0 Å². The van der Waals surface area contributed by atoms with Crippen LogP contribution in [-0.2, 0) is 11.2 Å². The van der Waals surface area contributed by atoms with Gasteiger partial charge in [-0.15, -0.1) is 0 Å². The van der Waals surface area contributed by atoms with Gasteiger partial charge in [0.2, 0.25) is 11.7 Å². The molecule has 24 heavy (non-hydrogen) atoms. The van der Waals surface area contributed by atoms with Gasteiger partial charge in [-0.3, -0.25) is 4.79 Å². The van der Waals surface area contributed by atoms with Crippen LogP contribution in [0, 0.1) is 5.92 Å². The standard InChI is InChI=1S/C18H30N2O4/c1-12(2)10-18(3,11-19)20-16(21)9-13-7-14(22-4)17(24-6)15(8-13)23-5/h7-8,12H,9-11,19H2,1-6H3,(H,20,21). The first-order valence-corrected chi connectivity index (χ1v) is 8.08. The lowest BCUT2D eigenvalue weighted by Crippen LogP contribution is -2.52. The molecule has 0 aliphatic rings. The predicted molar refractivity (Wildman–Crippen MR) is 94.9 cm³/mol. The summed E-state index contributed by atoms with van der Waals surface area (Å²) in [5.74, 6) is 1.93. The van der Waals surface area contributed by atoms with E-state index in [1.165, 1.54) is 0 Å². The molecule has 1 aromatic rings. The van der Waals surface area contributed by atoms with E-state index in [1.54, 1.807) is 33.5 Å². The molecule has 1 aromatic carbocycles. The molecule has 0 saturated carbocycles. The summed E-state index contributed by atoms with van der Waals surface area (Å²) in [6, 6.07) is 3.56. The third kappa shape index (κ3) is 5.30. The van der Waals surface area contributed by atoms with Crippen molar-refractivity contribution < 1.29 is 19.0 Å². The molecule has 0 aliphatic carbocycles. The van der Waals surface area contributed by atoms with Crippen molar-refractivity contribution in [3.63, 3.8) is 0 Å². The number of carbonyl (C=O) groups is 1. The first-order valence-electron chi connectivity index (χ1n) is 8.08. The topological polar surface area (TPSA) is 82.8 Å². The molecule has 1 atom stereocenters. The summed E-state index contributed by atoms with van der Waals surface area (Å²) >= 11 is 0. The molecule has 6 nitrogen and oxygen atoms in total. The minimum Gasteiger partial charge on any atom is -0.493 e. The van der Waals surface area contributed by atoms with E-state index in [-0.39, 0.29) is 12.3 Å². The Morgan fingerprint density at radius 3 is 2.08 bits per heavy atom. The zero-order chi connectivity index (χ0) is 18.3. The average Bonchev–Trinajstić information content (AvgIpc) is 2.52. The molecule has 136 valence electrons. The summed E-state index contributed by atoms with van der Waals surface area (Å²) in [5, 5.41) is 3.05. The fourth-order valence-corrected chi connectivity index (χ4v) is 2.89. The van der Waals surface area contributed by atoms with Crippen LogP contribution < -0.4 is 25.3 Å². The van der Waals surface area contributed by atoms with Crippen molar-refractivity contribution in [3.8, 4) is 17.2 Å². The van der Waals surface area contributed by atoms with Gasteiger partial charge < -0.3 is 25.3 Å². The Kier molecular flexibility index (Phi) is 7.35. The van der Waals surface area contributed by atoms with Crippen molar-refractivity contribution in [2.24, 2.45) is 11.7 Å². The Balaban J connectivity index is 2.94. The molecule has 1 unspecified atom stereocenters. The smallest absolute Gasteiger partial charge is 0.224 e. The number of nitrogens with two attached hydrogens (primary N) is 1. The quantitative estimate of drug-likeness (QED) is 0.721. The molecule has 3 N–H and O–H groups in total. The molecule has 0 bridgehead atoms. The van der Waals surface area contributed by atoms with E-state index in [0.29, 0.717) is 29.7 Å². The normalized spacial score (nSPS) is 13.3. The second kappa shape index (κ2) is 8.78. The SMILES string of the molecule is COc1cc(CC(=O)NC(C)(CN)CC(C)C)cc(OC)c1OC. The molecule has 1 rings (SSSR count). The summed E-state index contributed by atoms with van der Waals surface area (Å²) < 4.78 is 15.9. The molecule has 0 heterocycles. The Morgan fingerprint density at radius 2 is 1.71 bits per heavy atom. The summed E-state index contributed by atoms with van der Waals surface area (Å²) in [7, 11) is 4.65. The lowest BCUT2D eigenvalue weighted by molar-refractivity contribution is -0.122. The molecule has 0 saturated heterocycles. The van der Waals surface area contributed by atoms with E-state index in [0.717, 1.165) is 12.0 Å². The minimum absolute atomic E-state index is 0.0853. The Labute approximate surface area is 144 Å². The van der Waals surface area contributed by atoms with Gasteiger partial charge in [-0.25, -0.2) is 0 Å². The maximum Gasteiger partial charge on any atom is 0.224 e. The number of methoxy groups -OCH3 is 3. The lowest BCUT2D eigenvalue weighted by Gasteiger charge is -2.31. The van der Waals surface area contributed by atoms with Crippen molar-refractivity contribution in [1.82, 2.24) is 5.32 Å². The second-order valence-electron chi connectivity index (χ2n) is 6.62. The highest BCUT2D eigenvalue weighted by Gasteiger charge is 2.26. The molecule has 0 spiro atoms. The third-order valence-electron chi connectivity index (χ3n) is 3.84. The van der Waals surface area contributed by atoms with E-state index in [1.807, 2.05) is 6.92 Å². The van der Waals surface area contributed by atoms with Crippen LogP contribution in [0.25, 0.3) is 0 Å². The maximum absolute atomic E-state index is 12.4. The average molecular weight is 338 g/mol. The molecular weight excluding hydrogens is 308 g/mol. The highest BCUT2D eigenvalue weighted by atomic mass is 16.5. The maximum atomic E-state index is 12.4. The predicted octanol–water partition coefficient (Wildman–Crippen LogP) is 2.13. The second-order valence-corrected chi connectivity index (χ2v) is 6.62. The Bertz CT molecular complexity index is 535. The van der Waals surface area contributed by atoms with Gasteiger partial charge >= 0.3 is 0 Å². The number of nitrogens with one attached hydrogen (secondary N) is 1. The molecule has 0 aliphatic heterocycles. The summed E-state index contributed by atoms with van der Waals surface area (Å²) in [6.45, 7) is 6.59. The van der Waals surface area contributed by atoms with Crippen LogP contribution in [0.1, 0.15) is 32.8 Å². The fourth-order valence-electron chi connectivity index (χ4n) is 2.89.